The van der Waals surface area contributed by atoms with Crippen molar-refractivity contribution in [1.82, 2.24) is 4.98 Å². The number of carbonyl (C=O) groups is 1. The van der Waals surface area contributed by atoms with Crippen molar-refractivity contribution in [2.75, 3.05) is 4.90 Å². The fraction of sp³-hybridized carbons (Fsp3) is 0.118. The molecule has 1 aliphatic rings. The zero-order valence-electron chi connectivity index (χ0n) is 11.5. The minimum Gasteiger partial charge on any atom is -0.361 e. The van der Waals surface area contributed by atoms with Crippen LogP contribution < -0.4 is 4.90 Å². The molecule has 4 rings (SSSR count). The third-order valence-electron chi connectivity index (χ3n) is 4.05. The number of fused-ring (bicyclic) bond motifs is 1. The molecule has 0 aliphatic carbocycles. The number of rotatable bonds is 2. The maximum Gasteiger partial charge on any atom is 0.197 e. The average Bonchev–Trinajstić information content (AvgIpc) is 2.95. The van der Waals surface area contributed by atoms with E-state index in [9.17, 15) is 4.79 Å². The number of nitrogens with one attached hydrogen (secondary N) is 1. The van der Waals surface area contributed by atoms with Gasteiger partial charge in [0.05, 0.1) is 0 Å². The molecule has 0 saturated carbocycles. The monoisotopic (exact) mass is 330 g/mol. The standard InChI is InChI=1S/C17H12Cl2N2O/c18-10-4-3-5-11(8-10)21-15(16(22)17(21)19)13-9-20-14-7-2-1-6-12(13)14/h1-9,15,17,20H/t15-,17-/m1/s1. The molecule has 0 spiro atoms. The van der Waals surface area contributed by atoms with Gasteiger partial charge in [0.2, 0.25) is 0 Å². The van der Waals surface area contributed by atoms with Gasteiger partial charge in [-0.05, 0) is 24.3 Å². The smallest absolute Gasteiger partial charge is 0.197 e. The minimum atomic E-state index is -0.655. The number of carbonyl (C=O) groups excluding carboxylic acids is 1. The van der Waals surface area contributed by atoms with Gasteiger partial charge in [-0.1, -0.05) is 47.5 Å². The molecular formula is C17H12Cl2N2O. The van der Waals surface area contributed by atoms with Crippen LogP contribution in [0.4, 0.5) is 5.69 Å². The first kappa shape index (κ1) is 13.7. The van der Waals surface area contributed by atoms with Crippen LogP contribution in [0.25, 0.3) is 10.9 Å². The Morgan fingerprint density at radius 2 is 1.91 bits per heavy atom. The molecule has 0 bridgehead atoms. The van der Waals surface area contributed by atoms with Gasteiger partial charge >= 0.3 is 0 Å². The zero-order chi connectivity index (χ0) is 15.3. The molecule has 1 saturated heterocycles. The quantitative estimate of drug-likeness (QED) is 0.554. The third-order valence-corrected chi connectivity index (χ3v) is 4.71. The molecule has 0 amide bonds. The third kappa shape index (κ3) is 1.93. The predicted octanol–water partition coefficient (Wildman–Crippen LogP) is 4.52. The van der Waals surface area contributed by atoms with Crippen molar-refractivity contribution < 1.29 is 4.79 Å². The van der Waals surface area contributed by atoms with Crippen LogP contribution in [0.5, 0.6) is 0 Å². The van der Waals surface area contributed by atoms with Crippen LogP contribution in [0.1, 0.15) is 11.6 Å². The number of ketones is 1. The van der Waals surface area contributed by atoms with Crippen molar-refractivity contribution in [2.45, 2.75) is 11.5 Å². The number of hydrogen-bond donors (Lipinski definition) is 1. The summed E-state index contributed by atoms with van der Waals surface area (Å²) in [6, 6.07) is 14.9. The number of benzene rings is 2. The van der Waals surface area contributed by atoms with E-state index in [1.807, 2.05) is 53.6 Å². The molecule has 22 heavy (non-hydrogen) atoms. The summed E-state index contributed by atoms with van der Waals surface area (Å²) in [5.41, 5.74) is 2.14. The SMILES string of the molecule is O=C1[C@H](Cl)N(c2cccc(Cl)c2)[C@@H]1c1c[nH]c2ccccc12. The number of hydrogen-bond acceptors (Lipinski definition) is 2. The van der Waals surface area contributed by atoms with Crippen LogP contribution in [-0.2, 0) is 4.79 Å². The summed E-state index contributed by atoms with van der Waals surface area (Å²) >= 11 is 12.3. The minimum absolute atomic E-state index is 0.00592. The number of alkyl halides is 1. The van der Waals surface area contributed by atoms with Crippen LogP contribution in [0, 0.1) is 0 Å². The van der Waals surface area contributed by atoms with Crippen LogP contribution in [0.15, 0.2) is 54.7 Å². The fourth-order valence-electron chi connectivity index (χ4n) is 2.99. The van der Waals surface area contributed by atoms with E-state index in [1.54, 1.807) is 6.07 Å². The Morgan fingerprint density at radius 1 is 1.09 bits per heavy atom. The summed E-state index contributed by atoms with van der Waals surface area (Å²) in [5, 5.41) is 1.66. The van der Waals surface area contributed by atoms with E-state index in [1.165, 1.54) is 0 Å². The highest BCUT2D eigenvalue weighted by molar-refractivity contribution is 6.37. The predicted molar refractivity (Wildman–Crippen MR) is 89.6 cm³/mol. The molecule has 1 N–H and O–H groups in total. The van der Waals surface area contributed by atoms with Crippen molar-refractivity contribution in [2.24, 2.45) is 0 Å². The molecule has 2 aromatic carbocycles. The number of nitrogens with zero attached hydrogens (tertiary/aromatic N) is 1. The number of halogens is 2. The van der Waals surface area contributed by atoms with E-state index in [4.69, 9.17) is 23.2 Å². The lowest BCUT2D eigenvalue weighted by Crippen LogP contribution is -2.56. The van der Waals surface area contributed by atoms with Gasteiger partial charge in [-0.25, -0.2) is 0 Å². The second kappa shape index (κ2) is 5.04. The second-order valence-corrected chi connectivity index (χ2v) is 6.17. The Morgan fingerprint density at radius 3 is 2.73 bits per heavy atom. The maximum atomic E-state index is 12.4. The molecule has 110 valence electrons. The Hall–Kier alpha value is -1.97. The van der Waals surface area contributed by atoms with Crippen LogP contribution in [0.2, 0.25) is 5.02 Å². The molecule has 3 nitrogen and oxygen atoms in total. The Kier molecular flexibility index (Phi) is 3.13. The lowest BCUT2D eigenvalue weighted by Gasteiger charge is -2.45. The first-order valence-electron chi connectivity index (χ1n) is 6.94. The molecule has 2 atom stereocenters. The molecule has 1 aliphatic heterocycles. The summed E-state index contributed by atoms with van der Waals surface area (Å²) in [6.45, 7) is 0. The van der Waals surface area contributed by atoms with E-state index in [-0.39, 0.29) is 11.8 Å². The van der Waals surface area contributed by atoms with Crippen molar-refractivity contribution in [3.63, 3.8) is 0 Å². The lowest BCUT2D eigenvalue weighted by atomic mass is 9.92. The largest absolute Gasteiger partial charge is 0.361 e. The molecule has 3 aromatic rings. The van der Waals surface area contributed by atoms with Crippen LogP contribution in [0.3, 0.4) is 0 Å². The average molecular weight is 331 g/mol. The second-order valence-electron chi connectivity index (χ2n) is 5.32. The summed E-state index contributed by atoms with van der Waals surface area (Å²) in [7, 11) is 0. The van der Waals surface area contributed by atoms with Crippen molar-refractivity contribution >= 4 is 45.6 Å². The van der Waals surface area contributed by atoms with Gasteiger partial charge in [0.1, 0.15) is 6.04 Å². The fourth-order valence-corrected chi connectivity index (χ4v) is 3.52. The van der Waals surface area contributed by atoms with Gasteiger partial charge in [0.15, 0.2) is 11.3 Å². The van der Waals surface area contributed by atoms with Gasteiger partial charge in [-0.2, -0.15) is 0 Å². The Balaban J connectivity index is 1.81. The summed E-state index contributed by atoms with van der Waals surface area (Å²) in [5.74, 6) is 0.00592. The van der Waals surface area contributed by atoms with Gasteiger partial charge in [-0.3, -0.25) is 4.79 Å². The lowest BCUT2D eigenvalue weighted by molar-refractivity contribution is -0.124. The van der Waals surface area contributed by atoms with Crippen LogP contribution >= 0.6 is 23.2 Å². The molecule has 2 heterocycles. The first-order chi connectivity index (χ1) is 10.7. The van der Waals surface area contributed by atoms with Crippen molar-refractivity contribution in [3.05, 3.63) is 65.3 Å². The highest BCUT2D eigenvalue weighted by Gasteiger charge is 2.48. The van der Waals surface area contributed by atoms with Gasteiger partial charge < -0.3 is 9.88 Å². The van der Waals surface area contributed by atoms with E-state index >= 15 is 0 Å². The first-order valence-corrected chi connectivity index (χ1v) is 7.76. The number of para-hydroxylation sites is 1. The summed E-state index contributed by atoms with van der Waals surface area (Å²) in [4.78, 5) is 17.5. The molecular weight excluding hydrogens is 319 g/mol. The van der Waals surface area contributed by atoms with E-state index < -0.39 is 5.50 Å². The number of H-pyrrole nitrogens is 1. The van der Waals surface area contributed by atoms with Crippen molar-refractivity contribution in [3.8, 4) is 0 Å². The van der Waals surface area contributed by atoms with Crippen molar-refractivity contribution in [1.29, 1.82) is 0 Å². The highest BCUT2D eigenvalue weighted by Crippen LogP contribution is 2.43. The number of Topliss-reactive ketones (excluding diaryl/α,β-unsaturated/α-hetero) is 1. The molecule has 5 heteroatoms. The molecule has 1 aromatic heterocycles. The van der Waals surface area contributed by atoms with Gasteiger partial charge in [0, 0.05) is 33.4 Å². The maximum absolute atomic E-state index is 12.4. The molecule has 0 unspecified atom stereocenters. The topological polar surface area (TPSA) is 36.1 Å². The molecule has 0 radical (unpaired) electrons. The Labute approximate surface area is 137 Å². The van der Waals surface area contributed by atoms with E-state index in [0.29, 0.717) is 5.02 Å². The highest BCUT2D eigenvalue weighted by atomic mass is 35.5. The zero-order valence-corrected chi connectivity index (χ0v) is 13.0. The number of aromatic nitrogens is 1. The van der Waals surface area contributed by atoms with E-state index in [2.05, 4.69) is 4.98 Å². The molecule has 1 fully saturated rings. The van der Waals surface area contributed by atoms with Crippen LogP contribution in [-0.4, -0.2) is 16.3 Å². The summed E-state index contributed by atoms with van der Waals surface area (Å²) in [6.07, 6.45) is 1.88. The van der Waals surface area contributed by atoms with Gasteiger partial charge in [-0.15, -0.1) is 0 Å². The Bertz CT molecular complexity index is 874. The summed E-state index contributed by atoms with van der Waals surface area (Å²) < 4.78 is 0. The van der Waals surface area contributed by atoms with Gasteiger partial charge in [0.25, 0.3) is 0 Å². The number of anilines is 1. The normalized spacial score (nSPS) is 21.2. The number of aromatic amines is 1. The van der Waals surface area contributed by atoms with E-state index in [0.717, 1.165) is 22.2 Å².